The first-order valence-corrected chi connectivity index (χ1v) is 8.95. The fourth-order valence-electron chi connectivity index (χ4n) is 2.54. The Morgan fingerprint density at radius 1 is 1.00 bits per heavy atom. The summed E-state index contributed by atoms with van der Waals surface area (Å²) >= 11 is 0. The predicted molar refractivity (Wildman–Crippen MR) is 99.0 cm³/mol. The summed E-state index contributed by atoms with van der Waals surface area (Å²) in [5.74, 6) is 0.782. The second-order valence-electron chi connectivity index (χ2n) is 6.11. The van der Waals surface area contributed by atoms with Gasteiger partial charge in [-0.15, -0.1) is 0 Å². The molecule has 0 aromatic heterocycles. The molecule has 1 heterocycles. The molecule has 0 unspecified atom stereocenters. The van der Waals surface area contributed by atoms with Gasteiger partial charge in [-0.25, -0.2) is 4.39 Å². The predicted octanol–water partition coefficient (Wildman–Crippen LogP) is 2.26. The van der Waals surface area contributed by atoms with Crippen LogP contribution in [-0.4, -0.2) is 38.3 Å². The third kappa shape index (κ3) is 5.60. The summed E-state index contributed by atoms with van der Waals surface area (Å²) in [5.41, 5.74) is 0.398. The zero-order valence-electron chi connectivity index (χ0n) is 15.2. The number of halogens is 1. The molecule has 0 aliphatic carbocycles. The molecule has 8 heteroatoms. The summed E-state index contributed by atoms with van der Waals surface area (Å²) < 4.78 is 28.7. The Hall–Kier alpha value is -3.29. The summed E-state index contributed by atoms with van der Waals surface area (Å²) in [5, 5.41) is 5.30. The van der Waals surface area contributed by atoms with Crippen molar-refractivity contribution < 1.29 is 28.2 Å². The van der Waals surface area contributed by atoms with Crippen LogP contribution in [0.3, 0.4) is 0 Å². The van der Waals surface area contributed by atoms with E-state index in [4.69, 9.17) is 14.2 Å². The highest BCUT2D eigenvalue weighted by Crippen LogP contribution is 2.32. The molecule has 2 N–H and O–H groups in total. The Balaban J connectivity index is 1.27. The number of carbonyl (C=O) groups excluding carboxylic acids is 2. The molecule has 2 aromatic carbocycles. The summed E-state index contributed by atoms with van der Waals surface area (Å²) in [6.07, 6.45) is 1.46. The molecule has 0 bridgehead atoms. The number of hydrogen-bond donors (Lipinski definition) is 2. The third-order valence-corrected chi connectivity index (χ3v) is 4.02. The van der Waals surface area contributed by atoms with Crippen molar-refractivity contribution in [2.24, 2.45) is 0 Å². The van der Waals surface area contributed by atoms with E-state index in [-0.39, 0.29) is 31.0 Å². The minimum Gasteiger partial charge on any atom is -0.494 e. The first-order chi connectivity index (χ1) is 13.6. The number of carbonyl (C=O) groups is 2. The maximum atomic E-state index is 12.8. The number of hydrogen-bond acceptors (Lipinski definition) is 5. The van der Waals surface area contributed by atoms with E-state index in [2.05, 4.69) is 10.6 Å². The molecule has 3 rings (SSSR count). The van der Waals surface area contributed by atoms with Crippen molar-refractivity contribution in [2.45, 2.75) is 12.8 Å². The van der Waals surface area contributed by atoms with E-state index in [1.807, 2.05) is 0 Å². The fourth-order valence-corrected chi connectivity index (χ4v) is 2.54. The lowest BCUT2D eigenvalue weighted by Gasteiger charge is -2.08. The number of amides is 2. The summed E-state index contributed by atoms with van der Waals surface area (Å²) in [4.78, 5) is 23.9. The topological polar surface area (TPSA) is 85.9 Å². The van der Waals surface area contributed by atoms with Gasteiger partial charge in [-0.05, 0) is 55.3 Å². The maximum Gasteiger partial charge on any atom is 0.251 e. The van der Waals surface area contributed by atoms with Crippen LogP contribution in [0.4, 0.5) is 4.39 Å². The SMILES string of the molecule is O=C(CNC(=O)c1ccc2c(c1)OCO2)NCCCCOc1ccc(F)cc1. The van der Waals surface area contributed by atoms with Crippen molar-refractivity contribution in [3.05, 3.63) is 53.8 Å². The monoisotopic (exact) mass is 388 g/mol. The Kier molecular flexibility index (Phi) is 6.67. The van der Waals surface area contributed by atoms with Gasteiger partial charge in [0.1, 0.15) is 11.6 Å². The molecule has 0 radical (unpaired) electrons. The minimum absolute atomic E-state index is 0.112. The lowest BCUT2D eigenvalue weighted by Crippen LogP contribution is -2.37. The fraction of sp³-hybridized carbons (Fsp3) is 0.300. The van der Waals surface area contributed by atoms with Gasteiger partial charge in [0.15, 0.2) is 11.5 Å². The van der Waals surface area contributed by atoms with Gasteiger partial charge in [0, 0.05) is 12.1 Å². The lowest BCUT2D eigenvalue weighted by atomic mass is 10.2. The van der Waals surface area contributed by atoms with Gasteiger partial charge in [0.05, 0.1) is 13.2 Å². The smallest absolute Gasteiger partial charge is 0.251 e. The van der Waals surface area contributed by atoms with E-state index in [0.717, 1.165) is 12.8 Å². The highest BCUT2D eigenvalue weighted by atomic mass is 19.1. The quantitative estimate of drug-likeness (QED) is 0.644. The number of ether oxygens (including phenoxy) is 3. The van der Waals surface area contributed by atoms with Crippen LogP contribution >= 0.6 is 0 Å². The molecular formula is C20H21FN2O5. The van der Waals surface area contributed by atoms with Crippen LogP contribution in [0.25, 0.3) is 0 Å². The summed E-state index contributed by atoms with van der Waals surface area (Å²) in [6.45, 7) is 0.977. The van der Waals surface area contributed by atoms with Crippen LogP contribution in [0.1, 0.15) is 23.2 Å². The van der Waals surface area contributed by atoms with Gasteiger partial charge in [-0.1, -0.05) is 0 Å². The van der Waals surface area contributed by atoms with Crippen molar-refractivity contribution in [1.82, 2.24) is 10.6 Å². The number of unbranched alkanes of at least 4 members (excludes halogenated alkanes) is 1. The second kappa shape index (κ2) is 9.59. The summed E-state index contributed by atoms with van der Waals surface area (Å²) in [7, 11) is 0. The summed E-state index contributed by atoms with van der Waals surface area (Å²) in [6, 6.07) is 10.7. The normalized spacial score (nSPS) is 11.8. The first-order valence-electron chi connectivity index (χ1n) is 8.95. The zero-order chi connectivity index (χ0) is 19.8. The molecule has 2 aromatic rings. The number of nitrogens with one attached hydrogen (secondary N) is 2. The molecule has 0 saturated carbocycles. The molecule has 1 aliphatic rings. The van der Waals surface area contributed by atoms with E-state index in [9.17, 15) is 14.0 Å². The number of benzene rings is 2. The first kappa shape index (κ1) is 19.5. The van der Waals surface area contributed by atoms with Crippen molar-refractivity contribution in [1.29, 1.82) is 0 Å². The minimum atomic E-state index is -0.360. The van der Waals surface area contributed by atoms with Gasteiger partial charge in [0.2, 0.25) is 12.7 Å². The molecule has 7 nitrogen and oxygen atoms in total. The van der Waals surface area contributed by atoms with Gasteiger partial charge < -0.3 is 24.8 Å². The van der Waals surface area contributed by atoms with E-state index >= 15 is 0 Å². The molecule has 0 atom stereocenters. The molecule has 0 fully saturated rings. The van der Waals surface area contributed by atoms with Crippen molar-refractivity contribution in [3.63, 3.8) is 0 Å². The van der Waals surface area contributed by atoms with Crippen LogP contribution in [0.2, 0.25) is 0 Å². The van der Waals surface area contributed by atoms with Gasteiger partial charge in [-0.2, -0.15) is 0 Å². The highest BCUT2D eigenvalue weighted by molar-refractivity contribution is 5.97. The van der Waals surface area contributed by atoms with Gasteiger partial charge >= 0.3 is 0 Å². The molecule has 28 heavy (non-hydrogen) atoms. The van der Waals surface area contributed by atoms with Crippen molar-refractivity contribution in [2.75, 3.05) is 26.5 Å². The average molecular weight is 388 g/mol. The van der Waals surface area contributed by atoms with Crippen LogP contribution in [0, 0.1) is 5.82 Å². The Labute approximate surface area is 161 Å². The molecular weight excluding hydrogens is 367 g/mol. The van der Waals surface area contributed by atoms with Crippen LogP contribution in [-0.2, 0) is 4.79 Å². The molecule has 0 spiro atoms. The highest BCUT2D eigenvalue weighted by Gasteiger charge is 2.16. The van der Waals surface area contributed by atoms with Crippen LogP contribution in [0.15, 0.2) is 42.5 Å². The standard InChI is InChI=1S/C20H21FN2O5/c21-15-4-6-16(7-5-15)26-10-2-1-9-22-19(24)12-23-20(25)14-3-8-17-18(11-14)28-13-27-17/h3-8,11H,1-2,9-10,12-13H2,(H,22,24)(H,23,25). The Bertz CT molecular complexity index is 826. The zero-order valence-corrected chi connectivity index (χ0v) is 15.2. The average Bonchev–Trinajstić information content (AvgIpc) is 3.18. The molecule has 0 saturated heterocycles. The van der Waals surface area contributed by atoms with Gasteiger partial charge in [0.25, 0.3) is 5.91 Å². The van der Waals surface area contributed by atoms with Crippen molar-refractivity contribution >= 4 is 11.8 Å². The maximum absolute atomic E-state index is 12.8. The van der Waals surface area contributed by atoms with E-state index in [1.54, 1.807) is 30.3 Å². The van der Waals surface area contributed by atoms with Crippen LogP contribution < -0.4 is 24.8 Å². The van der Waals surface area contributed by atoms with Gasteiger partial charge in [-0.3, -0.25) is 9.59 Å². The Morgan fingerprint density at radius 3 is 2.61 bits per heavy atom. The molecule has 148 valence electrons. The molecule has 1 aliphatic heterocycles. The number of fused-ring (bicyclic) bond motifs is 1. The third-order valence-electron chi connectivity index (χ3n) is 4.02. The molecule has 2 amide bonds. The van der Waals surface area contributed by atoms with Crippen LogP contribution in [0.5, 0.6) is 17.2 Å². The largest absolute Gasteiger partial charge is 0.494 e. The van der Waals surface area contributed by atoms with E-state index in [1.165, 1.54) is 12.1 Å². The Morgan fingerprint density at radius 2 is 1.79 bits per heavy atom. The van der Waals surface area contributed by atoms with Crippen molar-refractivity contribution in [3.8, 4) is 17.2 Å². The van der Waals surface area contributed by atoms with E-state index in [0.29, 0.717) is 36.0 Å². The number of rotatable bonds is 9. The van der Waals surface area contributed by atoms with E-state index < -0.39 is 0 Å². The second-order valence-corrected chi connectivity index (χ2v) is 6.11. The lowest BCUT2D eigenvalue weighted by molar-refractivity contribution is -0.120.